The van der Waals surface area contributed by atoms with E-state index in [0.717, 1.165) is 5.56 Å². The van der Waals surface area contributed by atoms with E-state index in [1.54, 1.807) is 19.1 Å². The SMILES string of the molecule is C=C(C(=O)C(C)(Cc1ccc(F)cc1)OCC)n1cncn1. The molecule has 1 aromatic heterocycles. The Morgan fingerprint density at radius 1 is 1.41 bits per heavy atom. The lowest BCUT2D eigenvalue weighted by molar-refractivity contribution is -0.136. The second-order valence-corrected chi connectivity index (χ2v) is 5.08. The van der Waals surface area contributed by atoms with Crippen molar-refractivity contribution in [3.63, 3.8) is 0 Å². The summed E-state index contributed by atoms with van der Waals surface area (Å²) in [4.78, 5) is 16.5. The number of carbonyl (C=O) groups is 1. The maximum absolute atomic E-state index is 13.0. The van der Waals surface area contributed by atoms with Crippen LogP contribution in [0.2, 0.25) is 0 Å². The van der Waals surface area contributed by atoms with Crippen molar-refractivity contribution in [3.8, 4) is 0 Å². The first-order valence-electron chi connectivity index (χ1n) is 6.93. The predicted octanol–water partition coefficient (Wildman–Crippen LogP) is 2.49. The number of hydrogen-bond acceptors (Lipinski definition) is 4. The van der Waals surface area contributed by atoms with Gasteiger partial charge in [-0.3, -0.25) is 4.79 Å². The lowest BCUT2D eigenvalue weighted by atomic mass is 9.90. The number of halogens is 1. The van der Waals surface area contributed by atoms with Crippen LogP contribution in [0.1, 0.15) is 19.4 Å². The van der Waals surface area contributed by atoms with E-state index < -0.39 is 5.60 Å². The Balaban J connectivity index is 2.24. The van der Waals surface area contributed by atoms with Crippen molar-refractivity contribution in [1.29, 1.82) is 0 Å². The molecule has 1 heterocycles. The number of aromatic nitrogens is 3. The molecule has 2 rings (SSSR count). The Morgan fingerprint density at radius 3 is 2.64 bits per heavy atom. The van der Waals surface area contributed by atoms with E-state index >= 15 is 0 Å². The summed E-state index contributed by atoms with van der Waals surface area (Å²) in [5.74, 6) is -0.607. The molecule has 0 aliphatic rings. The minimum absolute atomic E-state index is 0.176. The van der Waals surface area contributed by atoms with E-state index in [1.807, 2.05) is 6.92 Å². The summed E-state index contributed by atoms with van der Waals surface area (Å²) in [6.45, 7) is 7.65. The van der Waals surface area contributed by atoms with Gasteiger partial charge in [-0.25, -0.2) is 14.1 Å². The molecule has 0 fully saturated rings. The molecule has 0 aliphatic carbocycles. The van der Waals surface area contributed by atoms with Crippen LogP contribution in [0.25, 0.3) is 5.70 Å². The Bertz CT molecular complexity index is 653. The van der Waals surface area contributed by atoms with Crippen molar-refractivity contribution in [3.05, 3.63) is 54.9 Å². The Hall–Kier alpha value is -2.34. The summed E-state index contributed by atoms with van der Waals surface area (Å²) in [5, 5.41) is 3.91. The molecule has 1 unspecified atom stereocenters. The van der Waals surface area contributed by atoms with Gasteiger partial charge in [-0.2, -0.15) is 5.10 Å². The fourth-order valence-corrected chi connectivity index (χ4v) is 2.26. The number of benzene rings is 1. The largest absolute Gasteiger partial charge is 0.367 e. The smallest absolute Gasteiger partial charge is 0.212 e. The maximum Gasteiger partial charge on any atom is 0.212 e. The molecule has 0 aliphatic heterocycles. The number of nitrogens with zero attached hydrogens (tertiary/aromatic N) is 3. The number of rotatable bonds is 7. The molecule has 116 valence electrons. The van der Waals surface area contributed by atoms with Gasteiger partial charge < -0.3 is 4.74 Å². The van der Waals surface area contributed by atoms with E-state index in [9.17, 15) is 9.18 Å². The molecule has 0 saturated carbocycles. The number of ketones is 1. The van der Waals surface area contributed by atoms with Crippen LogP contribution in [0.15, 0.2) is 43.5 Å². The van der Waals surface area contributed by atoms with Crippen LogP contribution < -0.4 is 0 Å². The minimum atomic E-state index is -1.10. The first-order chi connectivity index (χ1) is 10.5. The highest BCUT2D eigenvalue weighted by atomic mass is 19.1. The number of hydrogen-bond donors (Lipinski definition) is 0. The van der Waals surface area contributed by atoms with Gasteiger partial charge in [-0.05, 0) is 31.5 Å². The van der Waals surface area contributed by atoms with Crippen LogP contribution in [-0.4, -0.2) is 32.8 Å². The number of carbonyl (C=O) groups excluding carboxylic acids is 1. The molecule has 5 nitrogen and oxygen atoms in total. The first-order valence-corrected chi connectivity index (χ1v) is 6.93. The molecule has 0 amide bonds. The zero-order valence-electron chi connectivity index (χ0n) is 12.6. The Morgan fingerprint density at radius 2 is 2.09 bits per heavy atom. The van der Waals surface area contributed by atoms with E-state index in [0.29, 0.717) is 13.0 Å². The van der Waals surface area contributed by atoms with Gasteiger partial charge in [0, 0.05) is 13.0 Å². The topological polar surface area (TPSA) is 57.0 Å². The van der Waals surface area contributed by atoms with Gasteiger partial charge in [-0.1, -0.05) is 18.7 Å². The zero-order chi connectivity index (χ0) is 16.2. The van der Waals surface area contributed by atoms with Crippen molar-refractivity contribution < 1.29 is 13.9 Å². The minimum Gasteiger partial charge on any atom is -0.367 e. The highest BCUT2D eigenvalue weighted by molar-refractivity contribution is 6.18. The summed E-state index contributed by atoms with van der Waals surface area (Å²) >= 11 is 0. The van der Waals surface area contributed by atoms with Crippen LogP contribution in [0, 0.1) is 5.82 Å². The molecule has 0 N–H and O–H groups in total. The normalized spacial score (nSPS) is 13.6. The molecular weight excluding hydrogens is 285 g/mol. The summed E-state index contributed by atoms with van der Waals surface area (Å²) < 4.78 is 20.0. The molecule has 0 spiro atoms. The van der Waals surface area contributed by atoms with Crippen molar-refractivity contribution in [2.24, 2.45) is 0 Å². The Kier molecular flexibility index (Phi) is 4.82. The van der Waals surface area contributed by atoms with E-state index in [2.05, 4.69) is 16.7 Å². The summed E-state index contributed by atoms with van der Waals surface area (Å²) in [7, 11) is 0. The number of ether oxygens (including phenoxy) is 1. The van der Waals surface area contributed by atoms with Gasteiger partial charge in [0.25, 0.3) is 0 Å². The molecule has 6 heteroatoms. The van der Waals surface area contributed by atoms with Gasteiger partial charge in [0.05, 0.1) is 0 Å². The molecule has 22 heavy (non-hydrogen) atoms. The molecule has 2 aromatic rings. The third-order valence-corrected chi connectivity index (χ3v) is 3.36. The fourth-order valence-electron chi connectivity index (χ4n) is 2.26. The van der Waals surface area contributed by atoms with Crippen LogP contribution in [0.5, 0.6) is 0 Å². The number of Topliss-reactive ketones (excluding diaryl/α,β-unsaturated/α-hetero) is 1. The summed E-state index contributed by atoms with van der Waals surface area (Å²) in [5.41, 5.74) is -0.122. The molecule has 1 aromatic carbocycles. The molecule has 0 radical (unpaired) electrons. The zero-order valence-corrected chi connectivity index (χ0v) is 12.6. The van der Waals surface area contributed by atoms with Gasteiger partial charge in [0.2, 0.25) is 5.78 Å². The van der Waals surface area contributed by atoms with Gasteiger partial charge in [0.15, 0.2) is 0 Å². The molecule has 0 bridgehead atoms. The monoisotopic (exact) mass is 303 g/mol. The quantitative estimate of drug-likeness (QED) is 0.737. The van der Waals surface area contributed by atoms with Crippen LogP contribution >= 0.6 is 0 Å². The van der Waals surface area contributed by atoms with Gasteiger partial charge in [0.1, 0.15) is 29.8 Å². The summed E-state index contributed by atoms with van der Waals surface area (Å²) in [6.07, 6.45) is 3.05. The maximum atomic E-state index is 13.0. The van der Waals surface area contributed by atoms with E-state index in [1.165, 1.54) is 29.5 Å². The third-order valence-electron chi connectivity index (χ3n) is 3.36. The lowest BCUT2D eigenvalue weighted by Gasteiger charge is -2.28. The van der Waals surface area contributed by atoms with Crippen LogP contribution in [0.4, 0.5) is 4.39 Å². The van der Waals surface area contributed by atoms with Crippen molar-refractivity contribution in [1.82, 2.24) is 14.8 Å². The van der Waals surface area contributed by atoms with Crippen molar-refractivity contribution in [2.45, 2.75) is 25.9 Å². The molecule has 0 saturated heterocycles. The van der Waals surface area contributed by atoms with Crippen molar-refractivity contribution in [2.75, 3.05) is 6.61 Å². The lowest BCUT2D eigenvalue weighted by Crippen LogP contribution is -2.42. The standard InChI is InChI=1S/C16H18FN3O2/c1-4-22-16(3,9-13-5-7-14(17)8-6-13)15(21)12(2)20-11-18-10-19-20/h5-8,10-11H,2,4,9H2,1,3H3. The first kappa shape index (κ1) is 16.0. The second kappa shape index (κ2) is 6.62. The van der Waals surface area contributed by atoms with Crippen LogP contribution in [-0.2, 0) is 16.0 Å². The average Bonchev–Trinajstić information content (AvgIpc) is 3.02. The third kappa shape index (κ3) is 3.46. The molecular formula is C16H18FN3O2. The van der Waals surface area contributed by atoms with Crippen LogP contribution in [0.3, 0.4) is 0 Å². The summed E-state index contributed by atoms with van der Waals surface area (Å²) in [6, 6.07) is 5.99. The van der Waals surface area contributed by atoms with Gasteiger partial charge in [-0.15, -0.1) is 0 Å². The van der Waals surface area contributed by atoms with E-state index in [4.69, 9.17) is 4.74 Å². The van der Waals surface area contributed by atoms with Gasteiger partial charge >= 0.3 is 0 Å². The highest BCUT2D eigenvalue weighted by Crippen LogP contribution is 2.23. The fraction of sp³-hybridized carbons (Fsp3) is 0.312. The van der Waals surface area contributed by atoms with Crippen molar-refractivity contribution >= 4 is 11.5 Å². The average molecular weight is 303 g/mol. The predicted molar refractivity (Wildman–Crippen MR) is 80.5 cm³/mol. The Labute approximate surface area is 128 Å². The van der Waals surface area contributed by atoms with E-state index in [-0.39, 0.29) is 17.3 Å². The highest BCUT2D eigenvalue weighted by Gasteiger charge is 2.36. The molecule has 1 atom stereocenters. The second-order valence-electron chi connectivity index (χ2n) is 5.08.